The van der Waals surface area contributed by atoms with Crippen LogP contribution >= 0.6 is 11.6 Å². The number of fused-ring (bicyclic) bond motifs is 1. The molecule has 0 N–H and O–H groups in total. The highest BCUT2D eigenvalue weighted by Crippen LogP contribution is 2.35. The van der Waals surface area contributed by atoms with Crippen molar-refractivity contribution in [2.45, 2.75) is 6.23 Å². The first kappa shape index (κ1) is 25.5. The largest absolute Gasteiger partial charge is 0.545 e. The number of amides is 2. The molecule has 0 bridgehead atoms. The van der Waals surface area contributed by atoms with E-state index in [9.17, 15) is 29.4 Å². The van der Waals surface area contributed by atoms with Crippen LogP contribution in [0, 0.1) is 0 Å². The van der Waals surface area contributed by atoms with Gasteiger partial charge in [-0.15, -0.1) is 0 Å². The Morgan fingerprint density at radius 3 is 2.23 bits per heavy atom. The normalized spacial score (nSPS) is 17.5. The molecule has 1 fully saturated rings. The molecule has 184 valence electrons. The lowest BCUT2D eigenvalue weighted by molar-refractivity contribution is -0.301. The minimum Gasteiger partial charge on any atom is -0.545 e. The number of hydrogen-bond acceptors (Lipinski definition) is 11. The lowest BCUT2D eigenvalue weighted by atomic mass is 10.3. The summed E-state index contributed by atoms with van der Waals surface area (Å²) in [6.45, 7) is 2.64. The third-order valence-corrected chi connectivity index (χ3v) is 5.13. The van der Waals surface area contributed by atoms with Crippen LogP contribution in [0.1, 0.15) is 22.4 Å². The molecular formula is C21H19ClN6O7-2. The van der Waals surface area contributed by atoms with Crippen LogP contribution in [-0.4, -0.2) is 81.9 Å². The number of carboxylic acids is 2. The molecular weight excluding hydrogens is 484 g/mol. The lowest BCUT2D eigenvalue weighted by Crippen LogP contribution is -2.48. The number of likely N-dealkylation sites (N-methyl/N-ethyl adjacent to an activating group) is 1. The summed E-state index contributed by atoms with van der Waals surface area (Å²) in [6, 6.07) is 3.20. The third kappa shape index (κ3) is 6.49. The Labute approximate surface area is 204 Å². The monoisotopic (exact) mass is 502 g/mol. The number of carbonyl (C=O) groups excluding carboxylic acids is 4. The van der Waals surface area contributed by atoms with E-state index in [1.807, 2.05) is 7.05 Å². The van der Waals surface area contributed by atoms with E-state index in [1.54, 1.807) is 17.0 Å². The van der Waals surface area contributed by atoms with E-state index < -0.39 is 30.2 Å². The third-order valence-electron chi connectivity index (χ3n) is 4.90. The van der Waals surface area contributed by atoms with Gasteiger partial charge in [0.25, 0.3) is 5.91 Å². The molecule has 4 heterocycles. The number of aliphatic carboxylic acids is 2. The minimum atomic E-state index is -1.55. The zero-order valence-corrected chi connectivity index (χ0v) is 19.1. The van der Waals surface area contributed by atoms with E-state index >= 15 is 0 Å². The second-order valence-electron chi connectivity index (χ2n) is 7.30. The summed E-state index contributed by atoms with van der Waals surface area (Å²) < 4.78 is 5.68. The van der Waals surface area contributed by atoms with E-state index in [0.29, 0.717) is 41.8 Å². The number of hydrogen-bond donors (Lipinski definition) is 0. The lowest BCUT2D eigenvalue weighted by Gasteiger charge is -2.33. The molecule has 4 rings (SSSR count). The summed E-state index contributed by atoms with van der Waals surface area (Å²) in [7, 11) is 2.00. The zero-order valence-electron chi connectivity index (χ0n) is 18.4. The summed E-state index contributed by atoms with van der Waals surface area (Å²) in [5.74, 6) is -3.21. The Morgan fingerprint density at radius 1 is 1.03 bits per heavy atom. The molecule has 13 nitrogen and oxygen atoms in total. The summed E-state index contributed by atoms with van der Waals surface area (Å²) in [4.78, 5) is 61.8. The van der Waals surface area contributed by atoms with Crippen molar-refractivity contribution in [1.82, 2.24) is 24.8 Å². The second-order valence-corrected chi connectivity index (χ2v) is 7.73. The van der Waals surface area contributed by atoms with Crippen molar-refractivity contribution in [3.8, 4) is 0 Å². The number of piperazine rings is 1. The van der Waals surface area contributed by atoms with Gasteiger partial charge in [-0.2, -0.15) is 0 Å². The summed E-state index contributed by atoms with van der Waals surface area (Å²) in [5, 5.41) is 19.3. The Balaban J connectivity index is 0.000000371. The van der Waals surface area contributed by atoms with E-state index in [4.69, 9.17) is 16.3 Å². The van der Waals surface area contributed by atoms with Crippen LogP contribution in [0.25, 0.3) is 0 Å². The highest BCUT2D eigenvalue weighted by molar-refractivity contribution is 6.30. The zero-order chi connectivity index (χ0) is 25.5. The van der Waals surface area contributed by atoms with Crippen molar-refractivity contribution >= 4 is 41.4 Å². The first-order chi connectivity index (χ1) is 16.7. The molecule has 0 aromatic carbocycles. The first-order valence-electron chi connectivity index (χ1n) is 10.2. The van der Waals surface area contributed by atoms with Gasteiger partial charge in [-0.3, -0.25) is 9.78 Å². The van der Waals surface area contributed by atoms with Gasteiger partial charge in [-0.05, 0) is 31.3 Å². The number of carboxylic acid groups (broad SMARTS) is 2. The van der Waals surface area contributed by atoms with Crippen LogP contribution in [0.4, 0.5) is 10.6 Å². The highest BCUT2D eigenvalue weighted by atomic mass is 35.5. The highest BCUT2D eigenvalue weighted by Gasteiger charge is 2.44. The van der Waals surface area contributed by atoms with E-state index in [0.717, 1.165) is 13.1 Å². The molecule has 1 saturated heterocycles. The fourth-order valence-corrected chi connectivity index (χ4v) is 3.29. The van der Waals surface area contributed by atoms with Crippen LogP contribution in [0.3, 0.4) is 0 Å². The van der Waals surface area contributed by atoms with Crippen LogP contribution < -0.4 is 15.1 Å². The maximum atomic E-state index is 12.8. The number of nitrogens with zero attached hydrogens (tertiary/aromatic N) is 6. The molecule has 2 aliphatic rings. The van der Waals surface area contributed by atoms with Gasteiger partial charge in [-0.25, -0.2) is 19.7 Å². The molecule has 14 heteroatoms. The Kier molecular flexibility index (Phi) is 8.28. The van der Waals surface area contributed by atoms with Crippen LogP contribution in [0.2, 0.25) is 5.02 Å². The SMILES string of the molecule is CN1CCN(C(=O)O[C@H]2c3nccnc3C(=O)N2c2ccc(Cl)cn2)CC1.O=C([O-])/C=C/C(=O)[O-]. The maximum absolute atomic E-state index is 12.8. The molecule has 0 unspecified atom stereocenters. The number of ether oxygens (including phenoxy) is 1. The quantitative estimate of drug-likeness (QED) is 0.450. The Morgan fingerprint density at radius 2 is 1.66 bits per heavy atom. The summed E-state index contributed by atoms with van der Waals surface area (Å²) >= 11 is 5.89. The van der Waals surface area contributed by atoms with Crippen LogP contribution in [0.15, 0.2) is 42.9 Å². The van der Waals surface area contributed by atoms with Gasteiger partial charge in [0.1, 0.15) is 11.5 Å². The molecule has 0 radical (unpaired) electrons. The second kappa shape index (κ2) is 11.4. The molecule has 35 heavy (non-hydrogen) atoms. The molecule has 0 spiro atoms. The Bertz CT molecular complexity index is 1120. The van der Waals surface area contributed by atoms with Gasteiger partial charge in [0, 0.05) is 44.8 Å². The van der Waals surface area contributed by atoms with Gasteiger partial charge in [0.05, 0.1) is 17.0 Å². The molecule has 2 amide bonds. The van der Waals surface area contributed by atoms with Gasteiger partial charge >= 0.3 is 6.09 Å². The van der Waals surface area contributed by atoms with Crippen molar-refractivity contribution in [1.29, 1.82) is 0 Å². The fourth-order valence-electron chi connectivity index (χ4n) is 3.18. The molecule has 0 saturated carbocycles. The molecule has 2 aliphatic heterocycles. The van der Waals surface area contributed by atoms with E-state index in [2.05, 4.69) is 19.9 Å². The van der Waals surface area contributed by atoms with Crippen LogP contribution in [0.5, 0.6) is 0 Å². The number of halogens is 1. The van der Waals surface area contributed by atoms with Crippen molar-refractivity contribution < 1.29 is 34.1 Å². The summed E-state index contributed by atoms with van der Waals surface area (Å²) in [5.41, 5.74) is 0.437. The molecule has 2 aromatic heterocycles. The van der Waals surface area contributed by atoms with Gasteiger partial charge in [-0.1, -0.05) is 11.6 Å². The fraction of sp³-hybridized carbons (Fsp3) is 0.286. The predicted octanol–water partition coefficient (Wildman–Crippen LogP) is -1.39. The van der Waals surface area contributed by atoms with Gasteiger partial charge < -0.3 is 34.3 Å². The van der Waals surface area contributed by atoms with E-state index in [1.165, 1.54) is 23.5 Å². The van der Waals surface area contributed by atoms with Crippen molar-refractivity contribution in [3.63, 3.8) is 0 Å². The number of aromatic nitrogens is 3. The minimum absolute atomic E-state index is 0.144. The Hall–Kier alpha value is -4.10. The smallest absolute Gasteiger partial charge is 0.412 e. The van der Waals surface area contributed by atoms with Crippen molar-refractivity contribution in [2.24, 2.45) is 0 Å². The van der Waals surface area contributed by atoms with Crippen LogP contribution in [-0.2, 0) is 14.3 Å². The number of pyridine rings is 1. The number of anilines is 1. The average Bonchev–Trinajstić information content (AvgIpc) is 3.11. The molecule has 0 aliphatic carbocycles. The molecule has 1 atom stereocenters. The van der Waals surface area contributed by atoms with Gasteiger partial charge in [0.2, 0.25) is 6.23 Å². The predicted molar refractivity (Wildman–Crippen MR) is 116 cm³/mol. The average molecular weight is 503 g/mol. The first-order valence-corrected chi connectivity index (χ1v) is 10.6. The number of rotatable bonds is 4. The molecule has 2 aromatic rings. The van der Waals surface area contributed by atoms with Crippen molar-refractivity contribution in [2.75, 3.05) is 38.1 Å². The maximum Gasteiger partial charge on any atom is 0.412 e. The topological polar surface area (TPSA) is 172 Å². The van der Waals surface area contributed by atoms with Gasteiger partial charge in [0.15, 0.2) is 5.69 Å². The summed E-state index contributed by atoms with van der Waals surface area (Å²) in [6.07, 6.45) is 3.55. The standard InChI is InChI=1S/C17H17ClN6O3.C4H4O4/c1-22-6-8-23(9-7-22)17(26)27-16-14-13(19-4-5-20-14)15(25)24(16)12-3-2-11(18)10-21-12;5-3(6)1-2-4(7)8/h2-5,10,16H,6-9H2,1H3;1-2H,(H,5,6)(H,7,8)/p-2/b;2-1+/t16-;/m0./s1. The van der Waals surface area contributed by atoms with E-state index in [-0.39, 0.29) is 5.69 Å². The van der Waals surface area contributed by atoms with Crippen molar-refractivity contribution in [3.05, 3.63) is 59.3 Å². The number of carbonyl (C=O) groups is 4.